The summed E-state index contributed by atoms with van der Waals surface area (Å²) in [5.74, 6) is -1.76. The summed E-state index contributed by atoms with van der Waals surface area (Å²) in [7, 11) is -3.64. The second-order valence-corrected chi connectivity index (χ2v) is 10.3. The minimum atomic E-state index is -3.64. The standard InChI is InChI=1S/C23H20ClF2N3O5S/c1-14(30)28-13-29(35(2,32)33)20-9-15(3-6-19(20)28)11-27-8-7-21(22(24)23(27)31)34-12-16-4-5-17(25)10-18(16)26/h3-10H,11-13H2,1-2H3. The number of fused-ring (bicyclic) bond motifs is 1. The van der Waals surface area contributed by atoms with Gasteiger partial charge in [-0.1, -0.05) is 17.7 Å². The van der Waals surface area contributed by atoms with Crippen molar-refractivity contribution in [2.24, 2.45) is 0 Å². The number of ether oxygens (including phenoxy) is 1. The third-order valence-electron chi connectivity index (χ3n) is 5.47. The number of aromatic nitrogens is 1. The van der Waals surface area contributed by atoms with Gasteiger partial charge >= 0.3 is 0 Å². The predicted octanol–water partition coefficient (Wildman–Crippen LogP) is 3.50. The first-order valence-electron chi connectivity index (χ1n) is 10.3. The molecule has 0 spiro atoms. The smallest absolute Gasteiger partial charge is 0.273 e. The van der Waals surface area contributed by atoms with Crippen LogP contribution in [0.3, 0.4) is 0 Å². The summed E-state index contributed by atoms with van der Waals surface area (Å²) < 4.78 is 59.2. The van der Waals surface area contributed by atoms with Gasteiger partial charge in [-0.25, -0.2) is 21.5 Å². The molecule has 1 amide bonds. The van der Waals surface area contributed by atoms with Crippen molar-refractivity contribution in [1.82, 2.24) is 4.57 Å². The molecule has 0 bridgehead atoms. The van der Waals surface area contributed by atoms with E-state index in [-0.39, 0.29) is 42.1 Å². The number of amides is 1. The summed E-state index contributed by atoms with van der Waals surface area (Å²) >= 11 is 6.18. The van der Waals surface area contributed by atoms with Crippen molar-refractivity contribution >= 4 is 38.9 Å². The first-order chi connectivity index (χ1) is 16.5. The number of sulfonamides is 1. The summed E-state index contributed by atoms with van der Waals surface area (Å²) in [5.41, 5.74) is 0.909. The van der Waals surface area contributed by atoms with Crippen molar-refractivity contribution in [1.29, 1.82) is 0 Å². The second-order valence-electron chi connectivity index (χ2n) is 7.97. The fraction of sp³-hybridized carbons (Fsp3) is 0.217. The molecule has 2 aromatic carbocycles. The fourth-order valence-corrected chi connectivity index (χ4v) is 4.74. The molecule has 0 unspecified atom stereocenters. The zero-order valence-electron chi connectivity index (χ0n) is 18.7. The molecule has 3 aromatic rings. The maximum Gasteiger partial charge on any atom is 0.273 e. The normalized spacial score (nSPS) is 13.2. The van der Waals surface area contributed by atoms with Gasteiger partial charge in [-0.15, -0.1) is 0 Å². The van der Waals surface area contributed by atoms with Crippen LogP contribution >= 0.6 is 11.6 Å². The number of benzene rings is 2. The maximum atomic E-state index is 13.8. The Labute approximate surface area is 205 Å². The van der Waals surface area contributed by atoms with Gasteiger partial charge < -0.3 is 9.30 Å². The zero-order chi connectivity index (χ0) is 25.5. The molecule has 35 heavy (non-hydrogen) atoms. The second kappa shape index (κ2) is 9.31. The van der Waals surface area contributed by atoms with E-state index >= 15 is 0 Å². The average molecular weight is 524 g/mol. The van der Waals surface area contributed by atoms with Crippen LogP contribution in [0, 0.1) is 11.6 Å². The molecule has 0 fully saturated rings. The fourth-order valence-electron chi connectivity index (χ4n) is 3.69. The maximum absolute atomic E-state index is 13.8. The Bertz CT molecular complexity index is 1490. The predicted molar refractivity (Wildman–Crippen MR) is 127 cm³/mol. The van der Waals surface area contributed by atoms with E-state index in [0.717, 1.165) is 22.7 Å². The minimum Gasteiger partial charge on any atom is -0.487 e. The number of hydrogen-bond acceptors (Lipinski definition) is 5. The molecule has 1 aliphatic rings. The molecule has 1 aromatic heterocycles. The van der Waals surface area contributed by atoms with E-state index in [1.807, 2.05) is 0 Å². The summed E-state index contributed by atoms with van der Waals surface area (Å²) in [6.45, 7) is 1.03. The van der Waals surface area contributed by atoms with E-state index in [4.69, 9.17) is 16.3 Å². The lowest BCUT2D eigenvalue weighted by atomic mass is 10.1. The van der Waals surface area contributed by atoms with Crippen LogP contribution in [0.15, 0.2) is 53.5 Å². The Morgan fingerprint density at radius 1 is 1.11 bits per heavy atom. The number of anilines is 2. The van der Waals surface area contributed by atoms with Crippen molar-refractivity contribution in [3.63, 3.8) is 0 Å². The third-order valence-corrected chi connectivity index (χ3v) is 6.93. The zero-order valence-corrected chi connectivity index (χ0v) is 20.2. The molecular weight excluding hydrogens is 504 g/mol. The number of hydrogen-bond donors (Lipinski definition) is 0. The third kappa shape index (κ3) is 5.01. The first kappa shape index (κ1) is 24.7. The Morgan fingerprint density at radius 3 is 2.51 bits per heavy atom. The summed E-state index contributed by atoms with van der Waals surface area (Å²) in [5, 5.41) is -0.225. The number of carbonyl (C=O) groups is 1. The van der Waals surface area contributed by atoms with E-state index in [1.54, 1.807) is 18.2 Å². The first-order valence-corrected chi connectivity index (χ1v) is 12.5. The summed E-state index contributed by atoms with van der Waals surface area (Å²) in [6.07, 6.45) is 2.49. The molecule has 184 valence electrons. The number of carbonyl (C=O) groups excluding carboxylic acids is 1. The van der Waals surface area contributed by atoms with Gasteiger partial charge in [-0.3, -0.25) is 14.5 Å². The van der Waals surface area contributed by atoms with Crippen molar-refractivity contribution in [3.05, 3.63) is 86.8 Å². The monoisotopic (exact) mass is 523 g/mol. The van der Waals surface area contributed by atoms with Crippen LogP contribution in [-0.4, -0.2) is 31.8 Å². The van der Waals surface area contributed by atoms with E-state index in [2.05, 4.69) is 0 Å². The molecule has 0 radical (unpaired) electrons. The van der Waals surface area contributed by atoms with E-state index in [0.29, 0.717) is 16.9 Å². The molecule has 0 saturated heterocycles. The minimum absolute atomic E-state index is 0.0333. The topological polar surface area (TPSA) is 88.9 Å². The van der Waals surface area contributed by atoms with Crippen LogP contribution in [0.5, 0.6) is 5.75 Å². The quantitative estimate of drug-likeness (QED) is 0.493. The number of rotatable bonds is 6. The van der Waals surface area contributed by atoms with Gasteiger partial charge in [0.2, 0.25) is 15.9 Å². The van der Waals surface area contributed by atoms with Crippen LogP contribution in [0.25, 0.3) is 0 Å². The largest absolute Gasteiger partial charge is 0.487 e. The highest BCUT2D eigenvalue weighted by atomic mass is 35.5. The molecule has 0 saturated carbocycles. The van der Waals surface area contributed by atoms with Crippen molar-refractivity contribution in [2.45, 2.75) is 20.1 Å². The Balaban J connectivity index is 1.58. The molecule has 0 atom stereocenters. The Hall–Kier alpha value is -3.44. The molecular formula is C23H20ClF2N3O5S. The van der Waals surface area contributed by atoms with Crippen LogP contribution in [-0.2, 0) is 28.0 Å². The van der Waals surface area contributed by atoms with Gasteiger partial charge in [0.15, 0.2) is 0 Å². The van der Waals surface area contributed by atoms with Gasteiger partial charge in [-0.2, -0.15) is 0 Å². The average Bonchev–Trinajstić information content (AvgIpc) is 3.17. The van der Waals surface area contributed by atoms with E-state index < -0.39 is 27.2 Å². The molecule has 1 aliphatic heterocycles. The van der Waals surface area contributed by atoms with Crippen LogP contribution in [0.2, 0.25) is 5.02 Å². The van der Waals surface area contributed by atoms with Gasteiger partial charge in [0.1, 0.15) is 35.7 Å². The molecule has 0 aliphatic carbocycles. The van der Waals surface area contributed by atoms with Crippen LogP contribution in [0.4, 0.5) is 20.2 Å². The Kier molecular flexibility index (Phi) is 6.56. The lowest BCUT2D eigenvalue weighted by Crippen LogP contribution is -2.36. The van der Waals surface area contributed by atoms with Crippen molar-refractivity contribution in [3.8, 4) is 5.75 Å². The molecule has 2 heterocycles. The van der Waals surface area contributed by atoms with Crippen molar-refractivity contribution < 1.29 is 26.7 Å². The highest BCUT2D eigenvalue weighted by Crippen LogP contribution is 2.38. The number of pyridine rings is 1. The van der Waals surface area contributed by atoms with Gasteiger partial charge in [-0.05, 0) is 35.9 Å². The molecule has 12 heteroatoms. The van der Waals surface area contributed by atoms with Gasteiger partial charge in [0.25, 0.3) is 5.56 Å². The lowest BCUT2D eigenvalue weighted by molar-refractivity contribution is -0.116. The van der Waals surface area contributed by atoms with E-state index in [1.165, 1.54) is 34.7 Å². The molecule has 4 rings (SSSR count). The van der Waals surface area contributed by atoms with Gasteiger partial charge in [0.05, 0.1) is 24.2 Å². The van der Waals surface area contributed by atoms with Crippen molar-refractivity contribution in [2.75, 3.05) is 22.1 Å². The van der Waals surface area contributed by atoms with Gasteiger partial charge in [0, 0.05) is 24.8 Å². The highest BCUT2D eigenvalue weighted by molar-refractivity contribution is 7.92. The van der Waals surface area contributed by atoms with Crippen LogP contribution < -0.4 is 19.5 Å². The summed E-state index contributed by atoms with van der Waals surface area (Å²) in [6, 6.07) is 9.41. The molecule has 0 N–H and O–H groups in total. The highest BCUT2D eigenvalue weighted by Gasteiger charge is 2.33. The Morgan fingerprint density at radius 2 is 1.86 bits per heavy atom. The summed E-state index contributed by atoms with van der Waals surface area (Å²) in [4.78, 5) is 26.1. The van der Waals surface area contributed by atoms with Crippen LogP contribution in [0.1, 0.15) is 18.1 Å². The number of halogens is 3. The SMILES string of the molecule is CC(=O)N1CN(S(C)(=O)=O)c2cc(Cn3ccc(OCc4ccc(F)cc4F)c(Cl)c3=O)ccc21. The molecule has 8 nitrogen and oxygen atoms in total. The number of nitrogens with zero attached hydrogens (tertiary/aromatic N) is 3. The lowest BCUT2D eigenvalue weighted by Gasteiger charge is -2.17. The van der Waals surface area contributed by atoms with E-state index in [9.17, 15) is 26.8 Å².